The number of ether oxygens (including phenoxy) is 1. The van der Waals surface area contributed by atoms with Crippen LogP contribution >= 0.6 is 0 Å². The van der Waals surface area contributed by atoms with E-state index in [2.05, 4.69) is 9.84 Å². The number of carbonyl (C=O) groups is 1. The van der Waals surface area contributed by atoms with E-state index in [0.29, 0.717) is 17.8 Å². The second-order valence-electron chi connectivity index (χ2n) is 4.18. The van der Waals surface area contributed by atoms with Crippen molar-refractivity contribution in [3.05, 3.63) is 47.8 Å². The SMILES string of the molecule is CCCn1nccc1C(=O)c1cccc(OC(F)F)c1. The lowest BCUT2D eigenvalue weighted by Gasteiger charge is -2.08. The van der Waals surface area contributed by atoms with Crippen molar-refractivity contribution in [1.29, 1.82) is 0 Å². The van der Waals surface area contributed by atoms with E-state index in [1.165, 1.54) is 18.2 Å². The zero-order chi connectivity index (χ0) is 14.5. The summed E-state index contributed by atoms with van der Waals surface area (Å²) in [5.74, 6) is -0.303. The molecule has 6 heteroatoms. The summed E-state index contributed by atoms with van der Waals surface area (Å²) >= 11 is 0. The quantitative estimate of drug-likeness (QED) is 0.764. The van der Waals surface area contributed by atoms with Crippen molar-refractivity contribution in [2.24, 2.45) is 0 Å². The molecule has 0 saturated carbocycles. The summed E-state index contributed by atoms with van der Waals surface area (Å²) in [6.45, 7) is -0.306. The Morgan fingerprint density at radius 2 is 2.20 bits per heavy atom. The van der Waals surface area contributed by atoms with E-state index in [0.717, 1.165) is 6.42 Å². The lowest BCUT2D eigenvalue weighted by atomic mass is 10.1. The van der Waals surface area contributed by atoms with Gasteiger partial charge in [-0.15, -0.1) is 0 Å². The molecule has 106 valence electrons. The Morgan fingerprint density at radius 3 is 2.90 bits per heavy atom. The maximum absolute atomic E-state index is 12.3. The summed E-state index contributed by atoms with van der Waals surface area (Å²) in [5, 5.41) is 4.07. The largest absolute Gasteiger partial charge is 0.435 e. The van der Waals surface area contributed by atoms with Gasteiger partial charge < -0.3 is 4.74 Å². The van der Waals surface area contributed by atoms with Crippen LogP contribution in [0.1, 0.15) is 29.4 Å². The van der Waals surface area contributed by atoms with Gasteiger partial charge in [0.15, 0.2) is 0 Å². The third kappa shape index (κ3) is 3.20. The molecule has 0 atom stereocenters. The minimum atomic E-state index is -2.91. The molecule has 0 amide bonds. The second-order valence-corrected chi connectivity index (χ2v) is 4.18. The first kappa shape index (κ1) is 14.2. The molecule has 0 radical (unpaired) electrons. The highest BCUT2D eigenvalue weighted by Crippen LogP contribution is 2.18. The summed E-state index contributed by atoms with van der Waals surface area (Å²) < 4.78 is 30.2. The Morgan fingerprint density at radius 1 is 1.40 bits per heavy atom. The van der Waals surface area contributed by atoms with Gasteiger partial charge in [0.25, 0.3) is 0 Å². The zero-order valence-electron chi connectivity index (χ0n) is 10.9. The number of hydrogen-bond acceptors (Lipinski definition) is 3. The van der Waals surface area contributed by atoms with Gasteiger partial charge in [-0.05, 0) is 24.6 Å². The predicted molar refractivity (Wildman–Crippen MR) is 69.0 cm³/mol. The van der Waals surface area contributed by atoms with E-state index in [1.54, 1.807) is 23.0 Å². The van der Waals surface area contributed by atoms with Gasteiger partial charge in [-0.3, -0.25) is 9.48 Å². The number of halogens is 2. The Hall–Kier alpha value is -2.24. The van der Waals surface area contributed by atoms with Gasteiger partial charge in [0.1, 0.15) is 11.4 Å². The van der Waals surface area contributed by atoms with Gasteiger partial charge in [0, 0.05) is 18.3 Å². The lowest BCUT2D eigenvalue weighted by molar-refractivity contribution is -0.0498. The first-order valence-electron chi connectivity index (χ1n) is 6.23. The molecule has 0 fully saturated rings. The molecule has 1 aromatic heterocycles. The van der Waals surface area contributed by atoms with Crippen LogP contribution in [0.2, 0.25) is 0 Å². The third-order valence-electron chi connectivity index (χ3n) is 2.71. The summed E-state index contributed by atoms with van der Waals surface area (Å²) in [5.41, 5.74) is 0.724. The third-order valence-corrected chi connectivity index (χ3v) is 2.71. The van der Waals surface area contributed by atoms with Gasteiger partial charge in [0.2, 0.25) is 5.78 Å². The monoisotopic (exact) mass is 280 g/mol. The van der Waals surface area contributed by atoms with Crippen molar-refractivity contribution in [2.75, 3.05) is 0 Å². The number of aryl methyl sites for hydroxylation is 1. The number of alkyl halides is 2. The van der Waals surface area contributed by atoms with E-state index in [9.17, 15) is 13.6 Å². The van der Waals surface area contributed by atoms with Crippen LogP contribution in [0.5, 0.6) is 5.75 Å². The minimum absolute atomic E-state index is 0.0348. The highest BCUT2D eigenvalue weighted by molar-refractivity contribution is 6.08. The smallest absolute Gasteiger partial charge is 0.387 e. The Bertz CT molecular complexity index is 596. The molecule has 0 N–H and O–H groups in total. The fourth-order valence-electron chi connectivity index (χ4n) is 1.88. The van der Waals surface area contributed by atoms with E-state index in [-0.39, 0.29) is 11.5 Å². The Kier molecular flexibility index (Phi) is 4.45. The molecule has 0 bridgehead atoms. The number of ketones is 1. The summed E-state index contributed by atoms with van der Waals surface area (Å²) in [6.07, 6.45) is 2.39. The molecule has 20 heavy (non-hydrogen) atoms. The number of rotatable bonds is 6. The highest BCUT2D eigenvalue weighted by atomic mass is 19.3. The number of nitrogens with zero attached hydrogens (tertiary/aromatic N) is 2. The molecule has 1 aromatic carbocycles. The number of aromatic nitrogens is 2. The molecular formula is C14H14F2N2O2. The molecule has 1 heterocycles. The van der Waals surface area contributed by atoms with E-state index in [4.69, 9.17) is 0 Å². The molecule has 2 aromatic rings. The average molecular weight is 280 g/mol. The van der Waals surface area contributed by atoms with Crippen molar-refractivity contribution in [3.8, 4) is 5.75 Å². The zero-order valence-corrected chi connectivity index (χ0v) is 10.9. The van der Waals surface area contributed by atoms with Crippen LogP contribution in [0, 0.1) is 0 Å². The average Bonchev–Trinajstić information content (AvgIpc) is 2.86. The van der Waals surface area contributed by atoms with Gasteiger partial charge in [-0.2, -0.15) is 13.9 Å². The van der Waals surface area contributed by atoms with E-state index >= 15 is 0 Å². The summed E-state index contributed by atoms with van der Waals surface area (Å²) in [6, 6.07) is 7.36. The van der Waals surface area contributed by atoms with E-state index < -0.39 is 6.61 Å². The van der Waals surface area contributed by atoms with Crippen molar-refractivity contribution in [1.82, 2.24) is 9.78 Å². The normalized spacial score (nSPS) is 10.8. The van der Waals surface area contributed by atoms with Crippen molar-refractivity contribution in [2.45, 2.75) is 26.5 Å². The van der Waals surface area contributed by atoms with Crippen LogP contribution in [0.3, 0.4) is 0 Å². The van der Waals surface area contributed by atoms with E-state index in [1.807, 2.05) is 6.92 Å². The van der Waals surface area contributed by atoms with Crippen LogP contribution in [0.4, 0.5) is 8.78 Å². The molecule has 0 aliphatic rings. The standard InChI is InChI=1S/C14H14F2N2O2/c1-2-8-18-12(6-7-17-18)13(19)10-4-3-5-11(9-10)20-14(15)16/h3-7,9,14H,2,8H2,1H3. The van der Waals surface area contributed by atoms with Crippen LogP contribution in [0.25, 0.3) is 0 Å². The Balaban J connectivity index is 2.26. The van der Waals surface area contributed by atoms with Gasteiger partial charge >= 0.3 is 6.61 Å². The minimum Gasteiger partial charge on any atom is -0.435 e. The highest BCUT2D eigenvalue weighted by Gasteiger charge is 2.15. The molecule has 0 spiro atoms. The summed E-state index contributed by atoms with van der Waals surface area (Å²) in [7, 11) is 0. The summed E-state index contributed by atoms with van der Waals surface area (Å²) in [4.78, 5) is 12.3. The number of carbonyl (C=O) groups excluding carboxylic acids is 1. The topological polar surface area (TPSA) is 44.1 Å². The first-order valence-corrected chi connectivity index (χ1v) is 6.23. The van der Waals surface area contributed by atoms with Crippen LogP contribution in [0.15, 0.2) is 36.5 Å². The van der Waals surface area contributed by atoms with Gasteiger partial charge in [-0.1, -0.05) is 19.1 Å². The molecule has 2 rings (SSSR count). The number of benzene rings is 1. The second kappa shape index (κ2) is 6.27. The molecule has 0 saturated heterocycles. The fourth-order valence-corrected chi connectivity index (χ4v) is 1.88. The molecule has 4 nitrogen and oxygen atoms in total. The molecule has 0 aliphatic heterocycles. The molecular weight excluding hydrogens is 266 g/mol. The van der Waals surface area contributed by atoms with Crippen LogP contribution in [-0.2, 0) is 6.54 Å². The van der Waals surface area contributed by atoms with Gasteiger partial charge in [0.05, 0.1) is 0 Å². The lowest BCUT2D eigenvalue weighted by Crippen LogP contribution is -2.12. The molecule has 0 aliphatic carbocycles. The maximum Gasteiger partial charge on any atom is 0.387 e. The van der Waals surface area contributed by atoms with Crippen LogP contribution in [-0.4, -0.2) is 22.2 Å². The Labute approximate surface area is 115 Å². The molecule has 0 unspecified atom stereocenters. The van der Waals surface area contributed by atoms with Crippen molar-refractivity contribution in [3.63, 3.8) is 0 Å². The first-order chi connectivity index (χ1) is 9.61. The van der Waals surface area contributed by atoms with Crippen molar-refractivity contribution < 1.29 is 18.3 Å². The van der Waals surface area contributed by atoms with Crippen LogP contribution < -0.4 is 4.74 Å². The van der Waals surface area contributed by atoms with Gasteiger partial charge in [-0.25, -0.2) is 0 Å². The number of hydrogen-bond donors (Lipinski definition) is 0. The van der Waals surface area contributed by atoms with Crippen molar-refractivity contribution >= 4 is 5.78 Å². The predicted octanol–water partition coefficient (Wildman–Crippen LogP) is 3.13. The fraction of sp³-hybridized carbons (Fsp3) is 0.286. The maximum atomic E-state index is 12.3.